The first kappa shape index (κ1) is 23.7. The number of ether oxygens (including phenoxy) is 1. The molecule has 0 spiro atoms. The Bertz CT molecular complexity index is 884. The number of anilines is 3. The standard InChI is InChI=1S/C23H29N3O3.ClH/c1-4-25(5-2)16-22(27)26-20-10-8-7-9-17(20)11-12-18-13-14-19(15-21(18)26)24-23(28)29-6-3;/h7-10,13-15H,4-6,11-12,16H2,1-3H3,(H,24,28);1H. The van der Waals surface area contributed by atoms with E-state index in [1.807, 2.05) is 41.3 Å². The molecule has 7 heteroatoms. The van der Waals surface area contributed by atoms with E-state index in [9.17, 15) is 9.59 Å². The van der Waals surface area contributed by atoms with Crippen LogP contribution in [0.3, 0.4) is 0 Å². The lowest BCUT2D eigenvalue weighted by Crippen LogP contribution is -3.12. The molecule has 162 valence electrons. The van der Waals surface area contributed by atoms with E-state index in [1.54, 1.807) is 6.92 Å². The summed E-state index contributed by atoms with van der Waals surface area (Å²) in [6.07, 6.45) is 1.22. The van der Waals surface area contributed by atoms with Gasteiger partial charge in [-0.05, 0) is 62.9 Å². The number of carbonyl (C=O) groups is 2. The van der Waals surface area contributed by atoms with Gasteiger partial charge in [-0.25, -0.2) is 4.79 Å². The molecule has 0 atom stereocenters. The molecule has 0 aromatic heterocycles. The second-order valence-corrected chi connectivity index (χ2v) is 7.18. The van der Waals surface area contributed by atoms with E-state index in [0.717, 1.165) is 48.4 Å². The van der Waals surface area contributed by atoms with Gasteiger partial charge < -0.3 is 22.0 Å². The molecule has 2 N–H and O–H groups in total. The molecule has 3 rings (SSSR count). The van der Waals surface area contributed by atoms with Crippen LogP contribution in [-0.2, 0) is 22.4 Å². The summed E-state index contributed by atoms with van der Waals surface area (Å²) in [6.45, 7) is 8.49. The number of carbonyl (C=O) groups excluding carboxylic acids is 2. The fourth-order valence-corrected chi connectivity index (χ4v) is 3.75. The summed E-state index contributed by atoms with van der Waals surface area (Å²) in [4.78, 5) is 28.4. The summed E-state index contributed by atoms with van der Waals surface area (Å²) in [5.74, 6) is 0.0626. The average Bonchev–Trinajstić information content (AvgIpc) is 2.88. The van der Waals surface area contributed by atoms with Crippen LogP contribution in [0.15, 0.2) is 42.5 Å². The van der Waals surface area contributed by atoms with Crippen molar-refractivity contribution < 1.29 is 31.6 Å². The second kappa shape index (κ2) is 11.0. The summed E-state index contributed by atoms with van der Waals surface area (Å²) in [5.41, 5.74) is 4.64. The number of para-hydroxylation sites is 1. The van der Waals surface area contributed by atoms with E-state index >= 15 is 0 Å². The third-order valence-corrected chi connectivity index (χ3v) is 5.39. The molecule has 0 bridgehead atoms. The van der Waals surface area contributed by atoms with Gasteiger partial charge in [0, 0.05) is 5.69 Å². The minimum Gasteiger partial charge on any atom is -1.00 e. The zero-order chi connectivity index (χ0) is 20.8. The first-order chi connectivity index (χ1) is 14.1. The lowest BCUT2D eigenvalue weighted by Gasteiger charge is -2.27. The maximum Gasteiger partial charge on any atom is 0.411 e. The number of hydrogen-bond donors (Lipinski definition) is 2. The van der Waals surface area contributed by atoms with Crippen molar-refractivity contribution in [2.45, 2.75) is 33.6 Å². The molecule has 1 heterocycles. The number of quaternary nitrogens is 1. The predicted octanol–water partition coefficient (Wildman–Crippen LogP) is -0.0530. The Labute approximate surface area is 184 Å². The highest BCUT2D eigenvalue weighted by Gasteiger charge is 2.28. The number of benzene rings is 2. The van der Waals surface area contributed by atoms with Gasteiger partial charge in [0.1, 0.15) is 0 Å². The van der Waals surface area contributed by atoms with Crippen LogP contribution in [0.2, 0.25) is 0 Å². The fraction of sp³-hybridized carbons (Fsp3) is 0.391. The number of halogens is 1. The molecular weight excluding hydrogens is 402 g/mol. The van der Waals surface area contributed by atoms with Crippen molar-refractivity contribution in [2.24, 2.45) is 0 Å². The molecule has 0 saturated heterocycles. The highest BCUT2D eigenvalue weighted by atomic mass is 35.5. The Kier molecular flexibility index (Phi) is 8.69. The van der Waals surface area contributed by atoms with E-state index in [2.05, 4.69) is 25.2 Å². The molecule has 6 nitrogen and oxygen atoms in total. The summed E-state index contributed by atoms with van der Waals surface area (Å²) < 4.78 is 4.99. The quantitative estimate of drug-likeness (QED) is 0.674. The summed E-state index contributed by atoms with van der Waals surface area (Å²) in [7, 11) is 0. The van der Waals surface area contributed by atoms with Crippen LogP contribution in [0.25, 0.3) is 0 Å². The average molecular weight is 432 g/mol. The lowest BCUT2D eigenvalue weighted by atomic mass is 10.0. The van der Waals surface area contributed by atoms with Crippen LogP contribution in [-0.4, -0.2) is 38.2 Å². The number of likely N-dealkylation sites (N-methyl/N-ethyl adjacent to an activating group) is 1. The van der Waals surface area contributed by atoms with Gasteiger partial charge in [-0.2, -0.15) is 0 Å². The molecule has 2 aromatic rings. The maximum atomic E-state index is 13.4. The van der Waals surface area contributed by atoms with Crippen LogP contribution < -0.4 is 27.5 Å². The van der Waals surface area contributed by atoms with Crippen molar-refractivity contribution in [3.8, 4) is 0 Å². The van der Waals surface area contributed by atoms with Crippen molar-refractivity contribution >= 4 is 29.1 Å². The molecule has 0 fully saturated rings. The van der Waals surface area contributed by atoms with Crippen LogP contribution >= 0.6 is 0 Å². The van der Waals surface area contributed by atoms with E-state index < -0.39 is 6.09 Å². The van der Waals surface area contributed by atoms with Crippen molar-refractivity contribution in [1.82, 2.24) is 0 Å². The van der Waals surface area contributed by atoms with E-state index in [0.29, 0.717) is 18.8 Å². The van der Waals surface area contributed by atoms with Crippen molar-refractivity contribution in [1.29, 1.82) is 0 Å². The van der Waals surface area contributed by atoms with Crippen LogP contribution in [0, 0.1) is 0 Å². The van der Waals surface area contributed by atoms with Crippen LogP contribution in [0.5, 0.6) is 0 Å². The van der Waals surface area contributed by atoms with Gasteiger partial charge in [0.2, 0.25) is 0 Å². The largest absolute Gasteiger partial charge is 1.00 e. The Morgan fingerprint density at radius 1 is 1.00 bits per heavy atom. The topological polar surface area (TPSA) is 63.1 Å². The van der Waals surface area contributed by atoms with Gasteiger partial charge >= 0.3 is 6.09 Å². The molecule has 2 amide bonds. The predicted molar refractivity (Wildman–Crippen MR) is 115 cm³/mol. The number of nitrogens with one attached hydrogen (secondary N) is 2. The third kappa shape index (κ3) is 5.32. The van der Waals surface area contributed by atoms with Crippen molar-refractivity contribution in [3.63, 3.8) is 0 Å². The van der Waals surface area contributed by atoms with Gasteiger partial charge in [-0.15, -0.1) is 0 Å². The number of amides is 2. The highest BCUT2D eigenvalue weighted by molar-refractivity contribution is 6.03. The number of hydrogen-bond acceptors (Lipinski definition) is 3. The molecule has 1 aliphatic heterocycles. The summed E-state index contributed by atoms with van der Waals surface area (Å²) in [6, 6.07) is 13.8. The van der Waals surface area contributed by atoms with E-state index in [4.69, 9.17) is 4.74 Å². The molecule has 0 aliphatic carbocycles. The number of aryl methyl sites for hydroxylation is 2. The van der Waals surface area contributed by atoms with Crippen molar-refractivity contribution in [2.75, 3.05) is 36.5 Å². The highest BCUT2D eigenvalue weighted by Crippen LogP contribution is 2.37. The third-order valence-electron chi connectivity index (χ3n) is 5.39. The Balaban J connectivity index is 0.00000320. The first-order valence-electron chi connectivity index (χ1n) is 10.4. The molecule has 1 aliphatic rings. The molecule has 0 unspecified atom stereocenters. The molecule has 30 heavy (non-hydrogen) atoms. The monoisotopic (exact) mass is 431 g/mol. The Hall–Kier alpha value is -2.57. The molecule has 0 saturated carbocycles. The van der Waals surface area contributed by atoms with Gasteiger partial charge in [0.15, 0.2) is 6.54 Å². The first-order valence-corrected chi connectivity index (χ1v) is 10.4. The van der Waals surface area contributed by atoms with E-state index in [-0.39, 0.29) is 18.3 Å². The minimum atomic E-state index is -0.494. The maximum absolute atomic E-state index is 13.4. The SMILES string of the molecule is CCOC(=O)Nc1ccc2c(c1)N(C(=O)C[NH+](CC)CC)c1ccccc1CC2.[Cl-]. The summed E-state index contributed by atoms with van der Waals surface area (Å²) >= 11 is 0. The minimum absolute atomic E-state index is 0. The number of rotatable bonds is 6. The normalized spacial score (nSPS) is 12.3. The molecular formula is C23H30ClN3O3. The molecule has 2 aromatic carbocycles. The Morgan fingerprint density at radius 2 is 1.67 bits per heavy atom. The van der Waals surface area contributed by atoms with Crippen molar-refractivity contribution in [3.05, 3.63) is 53.6 Å². The van der Waals surface area contributed by atoms with Crippen LogP contribution in [0.4, 0.5) is 21.9 Å². The fourth-order valence-electron chi connectivity index (χ4n) is 3.75. The Morgan fingerprint density at radius 3 is 2.33 bits per heavy atom. The van der Waals surface area contributed by atoms with Gasteiger partial charge in [0.25, 0.3) is 5.91 Å². The second-order valence-electron chi connectivity index (χ2n) is 7.18. The van der Waals surface area contributed by atoms with Crippen LogP contribution in [0.1, 0.15) is 31.9 Å². The van der Waals surface area contributed by atoms with Gasteiger partial charge in [-0.1, -0.05) is 24.3 Å². The molecule has 0 radical (unpaired) electrons. The lowest BCUT2D eigenvalue weighted by molar-refractivity contribution is -0.888. The number of nitrogens with zero attached hydrogens (tertiary/aromatic N) is 1. The zero-order valence-corrected chi connectivity index (χ0v) is 18.6. The van der Waals surface area contributed by atoms with Gasteiger partial charge in [-0.3, -0.25) is 15.0 Å². The van der Waals surface area contributed by atoms with Gasteiger partial charge in [0.05, 0.1) is 31.1 Å². The zero-order valence-electron chi connectivity index (χ0n) is 17.8. The van der Waals surface area contributed by atoms with E-state index in [1.165, 1.54) is 4.90 Å². The number of fused-ring (bicyclic) bond motifs is 2. The smallest absolute Gasteiger partial charge is 0.411 e. The summed E-state index contributed by atoms with van der Waals surface area (Å²) in [5, 5.41) is 2.76.